The van der Waals surface area contributed by atoms with Crippen LogP contribution in [0.4, 0.5) is 5.82 Å². The van der Waals surface area contributed by atoms with E-state index in [-0.39, 0.29) is 5.69 Å². The molecule has 86 valence electrons. The molecule has 1 aromatic rings. The first-order valence-electron chi connectivity index (χ1n) is 5.32. The molecule has 4 N–H and O–H groups in total. The predicted molar refractivity (Wildman–Crippen MR) is 60.0 cm³/mol. The number of hydrogen-bond acceptors (Lipinski definition) is 5. The van der Waals surface area contributed by atoms with Crippen LogP contribution in [0.5, 0.6) is 0 Å². The van der Waals surface area contributed by atoms with Gasteiger partial charge in [0.25, 0.3) is 5.91 Å². The van der Waals surface area contributed by atoms with Gasteiger partial charge >= 0.3 is 0 Å². The normalized spacial score (nSPS) is 20.1. The fraction of sp³-hybridized carbons (Fsp3) is 0.500. The van der Waals surface area contributed by atoms with Crippen molar-refractivity contribution >= 4 is 11.7 Å². The molecule has 1 unspecified atom stereocenters. The highest BCUT2D eigenvalue weighted by molar-refractivity contribution is 5.90. The molecule has 1 fully saturated rings. The Morgan fingerprint density at radius 3 is 2.88 bits per heavy atom. The van der Waals surface area contributed by atoms with Gasteiger partial charge in [-0.25, -0.2) is 0 Å². The number of amides is 1. The van der Waals surface area contributed by atoms with Gasteiger partial charge in [-0.2, -0.15) is 0 Å². The van der Waals surface area contributed by atoms with E-state index in [2.05, 4.69) is 15.1 Å². The number of carbonyl (C=O) groups is 1. The topological polar surface area (TPSA) is 98.1 Å². The van der Waals surface area contributed by atoms with E-state index in [1.54, 1.807) is 12.1 Å². The van der Waals surface area contributed by atoms with E-state index in [4.69, 9.17) is 11.5 Å². The number of nitrogens with two attached hydrogens (primary N) is 2. The second-order valence-corrected chi connectivity index (χ2v) is 3.87. The molecule has 0 aromatic carbocycles. The van der Waals surface area contributed by atoms with E-state index >= 15 is 0 Å². The lowest BCUT2D eigenvalue weighted by Gasteiger charge is -2.23. The van der Waals surface area contributed by atoms with Crippen molar-refractivity contribution in [1.29, 1.82) is 0 Å². The van der Waals surface area contributed by atoms with Gasteiger partial charge in [0.2, 0.25) is 0 Å². The summed E-state index contributed by atoms with van der Waals surface area (Å²) >= 11 is 0. The third-order valence-electron chi connectivity index (χ3n) is 2.85. The molecule has 0 aliphatic carbocycles. The van der Waals surface area contributed by atoms with Crippen molar-refractivity contribution in [2.24, 2.45) is 11.5 Å². The zero-order valence-electron chi connectivity index (χ0n) is 8.97. The molecule has 1 aliphatic heterocycles. The van der Waals surface area contributed by atoms with Crippen molar-refractivity contribution in [3.8, 4) is 0 Å². The first-order chi connectivity index (χ1) is 7.72. The Bertz CT molecular complexity index is 377. The maximum absolute atomic E-state index is 10.8. The van der Waals surface area contributed by atoms with Gasteiger partial charge < -0.3 is 16.4 Å². The fourth-order valence-corrected chi connectivity index (χ4v) is 1.99. The summed E-state index contributed by atoms with van der Waals surface area (Å²) in [4.78, 5) is 13.0. The number of primary amides is 1. The van der Waals surface area contributed by atoms with Gasteiger partial charge in [0, 0.05) is 19.1 Å². The number of aromatic nitrogens is 2. The summed E-state index contributed by atoms with van der Waals surface area (Å²) in [5.41, 5.74) is 11.0. The molecule has 2 heterocycles. The van der Waals surface area contributed by atoms with Crippen molar-refractivity contribution in [2.45, 2.75) is 18.9 Å². The van der Waals surface area contributed by atoms with E-state index in [1.807, 2.05) is 0 Å². The summed E-state index contributed by atoms with van der Waals surface area (Å²) < 4.78 is 0. The van der Waals surface area contributed by atoms with Crippen LogP contribution in [0.15, 0.2) is 12.1 Å². The fourth-order valence-electron chi connectivity index (χ4n) is 1.99. The smallest absolute Gasteiger partial charge is 0.269 e. The van der Waals surface area contributed by atoms with Crippen LogP contribution < -0.4 is 16.4 Å². The van der Waals surface area contributed by atoms with Gasteiger partial charge in [-0.1, -0.05) is 0 Å². The summed E-state index contributed by atoms with van der Waals surface area (Å²) in [7, 11) is 0. The number of nitrogens with zero attached hydrogens (tertiary/aromatic N) is 3. The van der Waals surface area contributed by atoms with Crippen molar-refractivity contribution < 1.29 is 4.79 Å². The maximum atomic E-state index is 10.8. The summed E-state index contributed by atoms with van der Waals surface area (Å²) in [5.74, 6) is 0.203. The SMILES string of the molecule is NCC1CCCN1c1ccc(C(N)=O)nn1. The highest BCUT2D eigenvalue weighted by Gasteiger charge is 2.24. The Morgan fingerprint density at radius 2 is 2.31 bits per heavy atom. The van der Waals surface area contributed by atoms with Crippen LogP contribution in [-0.4, -0.2) is 35.2 Å². The van der Waals surface area contributed by atoms with E-state index in [9.17, 15) is 4.79 Å². The van der Waals surface area contributed by atoms with Gasteiger partial charge in [0.15, 0.2) is 11.5 Å². The van der Waals surface area contributed by atoms with Gasteiger partial charge in [-0.05, 0) is 25.0 Å². The van der Waals surface area contributed by atoms with Gasteiger partial charge in [-0.3, -0.25) is 4.79 Å². The van der Waals surface area contributed by atoms with Crippen molar-refractivity contribution in [2.75, 3.05) is 18.0 Å². The molecular weight excluding hydrogens is 206 g/mol. The molecular formula is C10H15N5O. The van der Waals surface area contributed by atoms with Crippen LogP contribution in [0.25, 0.3) is 0 Å². The lowest BCUT2D eigenvalue weighted by molar-refractivity contribution is 0.0994. The lowest BCUT2D eigenvalue weighted by atomic mass is 10.2. The number of anilines is 1. The number of rotatable bonds is 3. The molecule has 6 heteroatoms. The van der Waals surface area contributed by atoms with E-state index in [0.717, 1.165) is 25.2 Å². The highest BCUT2D eigenvalue weighted by atomic mass is 16.1. The first kappa shape index (κ1) is 10.8. The number of hydrogen-bond donors (Lipinski definition) is 2. The molecule has 16 heavy (non-hydrogen) atoms. The largest absolute Gasteiger partial charge is 0.364 e. The summed E-state index contributed by atoms with van der Waals surface area (Å²) in [5, 5.41) is 7.78. The van der Waals surface area contributed by atoms with Crippen LogP contribution >= 0.6 is 0 Å². The average Bonchev–Trinajstić information content (AvgIpc) is 2.77. The molecule has 6 nitrogen and oxygen atoms in total. The summed E-state index contributed by atoms with van der Waals surface area (Å²) in [6.45, 7) is 1.55. The van der Waals surface area contributed by atoms with Gasteiger partial charge in [0.1, 0.15) is 0 Å². The Morgan fingerprint density at radius 1 is 1.50 bits per heavy atom. The molecule has 0 radical (unpaired) electrons. The molecule has 1 amide bonds. The Kier molecular flexibility index (Phi) is 3.00. The maximum Gasteiger partial charge on any atom is 0.269 e. The lowest BCUT2D eigenvalue weighted by Crippen LogP contribution is -2.36. The number of carbonyl (C=O) groups excluding carboxylic acids is 1. The minimum absolute atomic E-state index is 0.187. The molecule has 1 aromatic heterocycles. The van der Waals surface area contributed by atoms with Gasteiger partial charge in [0.05, 0.1) is 0 Å². The minimum atomic E-state index is -0.559. The van der Waals surface area contributed by atoms with Crippen LogP contribution in [0.3, 0.4) is 0 Å². The van der Waals surface area contributed by atoms with Crippen LogP contribution in [0, 0.1) is 0 Å². The van der Waals surface area contributed by atoms with E-state index in [1.165, 1.54) is 0 Å². The van der Waals surface area contributed by atoms with Crippen LogP contribution in [0.1, 0.15) is 23.3 Å². The molecule has 0 saturated carbocycles. The molecule has 2 rings (SSSR count). The highest BCUT2D eigenvalue weighted by Crippen LogP contribution is 2.22. The molecule has 0 spiro atoms. The molecule has 0 bridgehead atoms. The Labute approximate surface area is 93.6 Å². The third-order valence-corrected chi connectivity index (χ3v) is 2.85. The Hall–Kier alpha value is -1.69. The average molecular weight is 221 g/mol. The standard InChI is InChI=1S/C10H15N5O/c11-6-7-2-1-5-15(7)9-4-3-8(10(12)16)13-14-9/h3-4,7H,1-2,5-6,11H2,(H2,12,16). The van der Waals surface area contributed by atoms with Crippen molar-refractivity contribution in [3.05, 3.63) is 17.8 Å². The third kappa shape index (κ3) is 1.96. The first-order valence-corrected chi connectivity index (χ1v) is 5.32. The van der Waals surface area contributed by atoms with E-state index < -0.39 is 5.91 Å². The van der Waals surface area contributed by atoms with Crippen LogP contribution in [0.2, 0.25) is 0 Å². The van der Waals surface area contributed by atoms with Crippen LogP contribution in [-0.2, 0) is 0 Å². The second kappa shape index (κ2) is 4.44. The molecule has 1 atom stereocenters. The second-order valence-electron chi connectivity index (χ2n) is 3.87. The quantitative estimate of drug-likeness (QED) is 0.717. The monoisotopic (exact) mass is 221 g/mol. The van der Waals surface area contributed by atoms with Gasteiger partial charge in [-0.15, -0.1) is 10.2 Å². The summed E-state index contributed by atoms with van der Waals surface area (Å²) in [6, 6.07) is 3.69. The van der Waals surface area contributed by atoms with Crippen molar-refractivity contribution in [1.82, 2.24) is 10.2 Å². The summed E-state index contributed by atoms with van der Waals surface area (Å²) in [6.07, 6.45) is 2.19. The zero-order valence-corrected chi connectivity index (χ0v) is 8.97. The van der Waals surface area contributed by atoms with E-state index in [0.29, 0.717) is 12.6 Å². The molecule has 1 saturated heterocycles. The minimum Gasteiger partial charge on any atom is -0.364 e. The van der Waals surface area contributed by atoms with Crippen molar-refractivity contribution in [3.63, 3.8) is 0 Å². The zero-order chi connectivity index (χ0) is 11.5. The molecule has 1 aliphatic rings. The predicted octanol–water partition coefficient (Wildman–Crippen LogP) is -0.497. The Balaban J connectivity index is 2.18.